The Labute approximate surface area is 168 Å². The second-order valence-corrected chi connectivity index (χ2v) is 6.36. The highest BCUT2D eigenvalue weighted by Crippen LogP contribution is 2.20. The molecule has 3 aromatic rings. The van der Waals surface area contributed by atoms with Gasteiger partial charge in [-0.1, -0.05) is 18.2 Å². The molecule has 1 amide bonds. The Hall–Kier alpha value is -3.61. The van der Waals surface area contributed by atoms with Crippen LogP contribution in [0.1, 0.15) is 13.0 Å². The molecule has 0 aliphatic heterocycles. The molecular weight excluding hydrogens is 370 g/mol. The molecular formula is C22H23N3O4. The predicted molar refractivity (Wildman–Crippen MR) is 110 cm³/mol. The molecule has 7 heteroatoms. The smallest absolute Gasteiger partial charge is 0.267 e. The Bertz CT molecular complexity index is 1000. The maximum atomic E-state index is 12.5. The minimum atomic E-state index is -0.752. The summed E-state index contributed by atoms with van der Waals surface area (Å²) < 4.78 is 11.9. The number of para-hydroxylation sites is 1. The van der Waals surface area contributed by atoms with Crippen LogP contribution in [0.2, 0.25) is 0 Å². The molecule has 1 heterocycles. The van der Waals surface area contributed by atoms with Gasteiger partial charge < -0.3 is 14.8 Å². The molecule has 0 saturated heterocycles. The monoisotopic (exact) mass is 393 g/mol. The third-order valence-electron chi connectivity index (χ3n) is 4.37. The molecule has 0 spiro atoms. The molecule has 3 rings (SSSR count). The molecule has 1 atom stereocenters. The molecule has 1 unspecified atom stereocenters. The zero-order valence-electron chi connectivity index (χ0n) is 16.4. The fraction of sp³-hybridized carbons (Fsp3) is 0.227. The summed E-state index contributed by atoms with van der Waals surface area (Å²) in [5.41, 5.74) is 1.08. The van der Waals surface area contributed by atoms with Gasteiger partial charge in [-0.3, -0.25) is 9.59 Å². The number of nitrogens with zero attached hydrogens (tertiary/aromatic N) is 2. The Morgan fingerprint density at radius 3 is 2.45 bits per heavy atom. The van der Waals surface area contributed by atoms with Crippen molar-refractivity contribution in [3.05, 3.63) is 77.1 Å². The van der Waals surface area contributed by atoms with Crippen LogP contribution in [0.3, 0.4) is 0 Å². The summed E-state index contributed by atoms with van der Waals surface area (Å²) in [4.78, 5) is 24.7. The summed E-state index contributed by atoms with van der Waals surface area (Å²) in [6, 6.07) is 19.0. The first kappa shape index (κ1) is 20.1. The number of carbonyl (C=O) groups excluding carboxylic acids is 1. The fourth-order valence-corrected chi connectivity index (χ4v) is 2.74. The second-order valence-electron chi connectivity index (χ2n) is 6.36. The highest BCUT2D eigenvalue weighted by atomic mass is 16.5. The van der Waals surface area contributed by atoms with Crippen LogP contribution >= 0.6 is 0 Å². The third kappa shape index (κ3) is 5.22. The molecule has 0 bridgehead atoms. The first-order valence-electron chi connectivity index (χ1n) is 9.28. The summed E-state index contributed by atoms with van der Waals surface area (Å²) in [6.45, 7) is 2.29. The van der Waals surface area contributed by atoms with Crippen molar-refractivity contribution in [2.75, 3.05) is 20.3 Å². The van der Waals surface area contributed by atoms with Crippen LogP contribution in [0.4, 0.5) is 0 Å². The first-order valence-corrected chi connectivity index (χ1v) is 9.28. The molecule has 150 valence electrons. The van der Waals surface area contributed by atoms with Crippen molar-refractivity contribution in [2.24, 2.45) is 0 Å². The lowest BCUT2D eigenvalue weighted by Gasteiger charge is -2.15. The number of nitrogens with one attached hydrogen (secondary N) is 1. The molecule has 29 heavy (non-hydrogen) atoms. The van der Waals surface area contributed by atoms with Gasteiger partial charge in [0, 0.05) is 11.6 Å². The number of rotatable bonds is 8. The van der Waals surface area contributed by atoms with Gasteiger partial charge in [0.25, 0.3) is 5.56 Å². The molecule has 0 aliphatic rings. The average Bonchev–Trinajstić information content (AvgIpc) is 2.77. The van der Waals surface area contributed by atoms with Crippen molar-refractivity contribution in [3.63, 3.8) is 0 Å². The Morgan fingerprint density at radius 1 is 1.03 bits per heavy atom. The van der Waals surface area contributed by atoms with Gasteiger partial charge in [-0.15, -0.1) is 0 Å². The predicted octanol–water partition coefficient (Wildman–Crippen LogP) is 2.68. The van der Waals surface area contributed by atoms with E-state index in [0.717, 1.165) is 17.1 Å². The first-order chi connectivity index (χ1) is 14.1. The number of ether oxygens (including phenoxy) is 2. The quantitative estimate of drug-likeness (QED) is 0.595. The number of carbonyl (C=O) groups is 1. The summed E-state index contributed by atoms with van der Waals surface area (Å²) in [7, 11) is 1.60. The lowest BCUT2D eigenvalue weighted by molar-refractivity contribution is -0.124. The van der Waals surface area contributed by atoms with Crippen molar-refractivity contribution < 1.29 is 14.3 Å². The highest BCUT2D eigenvalue weighted by molar-refractivity contribution is 5.79. The number of amides is 1. The second kappa shape index (κ2) is 9.54. The molecule has 0 saturated carbocycles. The summed E-state index contributed by atoms with van der Waals surface area (Å²) in [5, 5.41) is 7.14. The average molecular weight is 393 g/mol. The largest absolute Gasteiger partial charge is 0.497 e. The maximum Gasteiger partial charge on any atom is 0.267 e. The Balaban J connectivity index is 1.63. The van der Waals surface area contributed by atoms with Crippen molar-refractivity contribution in [3.8, 4) is 22.8 Å². The zero-order chi connectivity index (χ0) is 20.6. The lowest BCUT2D eigenvalue weighted by atomic mass is 10.1. The van der Waals surface area contributed by atoms with E-state index in [1.807, 2.05) is 54.6 Å². The van der Waals surface area contributed by atoms with Crippen LogP contribution in [0.15, 0.2) is 71.5 Å². The SMILES string of the molecule is COc1ccc(-c2ccc(=O)n(C(C)C(=O)NCCOc3ccccc3)n2)cc1. The summed E-state index contributed by atoms with van der Waals surface area (Å²) in [5.74, 6) is 1.16. The van der Waals surface area contributed by atoms with E-state index in [1.165, 1.54) is 10.7 Å². The summed E-state index contributed by atoms with van der Waals surface area (Å²) >= 11 is 0. The van der Waals surface area contributed by atoms with E-state index in [-0.39, 0.29) is 11.5 Å². The van der Waals surface area contributed by atoms with Crippen molar-refractivity contribution >= 4 is 5.91 Å². The standard InChI is InChI=1S/C22H23N3O4/c1-16(22(27)23-14-15-29-19-6-4-3-5-7-19)25-21(26)13-12-20(24-25)17-8-10-18(28-2)11-9-17/h3-13,16H,14-15H2,1-2H3,(H,23,27). The highest BCUT2D eigenvalue weighted by Gasteiger charge is 2.17. The van der Waals surface area contributed by atoms with E-state index in [1.54, 1.807) is 20.1 Å². The normalized spacial score (nSPS) is 11.5. The summed E-state index contributed by atoms with van der Waals surface area (Å²) in [6.07, 6.45) is 0. The Morgan fingerprint density at radius 2 is 1.76 bits per heavy atom. The van der Waals surface area contributed by atoms with Gasteiger partial charge in [-0.2, -0.15) is 5.10 Å². The van der Waals surface area contributed by atoms with E-state index >= 15 is 0 Å². The van der Waals surface area contributed by atoms with Crippen LogP contribution < -0.4 is 20.3 Å². The molecule has 1 N–H and O–H groups in total. The van der Waals surface area contributed by atoms with E-state index in [2.05, 4.69) is 10.4 Å². The molecule has 0 aliphatic carbocycles. The van der Waals surface area contributed by atoms with Crippen molar-refractivity contribution in [2.45, 2.75) is 13.0 Å². The number of benzene rings is 2. The lowest BCUT2D eigenvalue weighted by Crippen LogP contribution is -2.38. The van der Waals surface area contributed by atoms with Crippen LogP contribution in [0.25, 0.3) is 11.3 Å². The number of methoxy groups -OCH3 is 1. The molecule has 0 radical (unpaired) electrons. The third-order valence-corrected chi connectivity index (χ3v) is 4.37. The van der Waals surface area contributed by atoms with Gasteiger partial charge in [-0.05, 0) is 49.4 Å². The molecule has 0 fully saturated rings. The van der Waals surface area contributed by atoms with Gasteiger partial charge >= 0.3 is 0 Å². The maximum absolute atomic E-state index is 12.5. The van der Waals surface area contributed by atoms with E-state index in [0.29, 0.717) is 18.8 Å². The topological polar surface area (TPSA) is 82.5 Å². The number of hydrogen-bond acceptors (Lipinski definition) is 5. The van der Waals surface area contributed by atoms with Crippen LogP contribution in [0.5, 0.6) is 11.5 Å². The van der Waals surface area contributed by atoms with Gasteiger partial charge in [0.15, 0.2) is 0 Å². The van der Waals surface area contributed by atoms with E-state index in [9.17, 15) is 9.59 Å². The molecule has 2 aromatic carbocycles. The Kier molecular flexibility index (Phi) is 6.63. The molecule has 1 aromatic heterocycles. The number of aromatic nitrogens is 2. The van der Waals surface area contributed by atoms with E-state index in [4.69, 9.17) is 9.47 Å². The van der Waals surface area contributed by atoms with Crippen molar-refractivity contribution in [1.82, 2.24) is 15.1 Å². The number of hydrogen-bond donors (Lipinski definition) is 1. The van der Waals surface area contributed by atoms with Crippen LogP contribution in [-0.4, -0.2) is 35.9 Å². The fourth-order valence-electron chi connectivity index (χ4n) is 2.74. The molecule has 7 nitrogen and oxygen atoms in total. The van der Waals surface area contributed by atoms with Gasteiger partial charge in [-0.25, -0.2) is 4.68 Å². The van der Waals surface area contributed by atoms with Gasteiger partial charge in [0.2, 0.25) is 5.91 Å². The van der Waals surface area contributed by atoms with Crippen LogP contribution in [-0.2, 0) is 4.79 Å². The van der Waals surface area contributed by atoms with Gasteiger partial charge in [0.05, 0.1) is 19.3 Å². The minimum absolute atomic E-state index is 0.303. The minimum Gasteiger partial charge on any atom is -0.497 e. The van der Waals surface area contributed by atoms with Crippen molar-refractivity contribution in [1.29, 1.82) is 0 Å². The van der Waals surface area contributed by atoms with Gasteiger partial charge in [0.1, 0.15) is 24.1 Å². The van der Waals surface area contributed by atoms with Crippen LogP contribution in [0, 0.1) is 0 Å². The van der Waals surface area contributed by atoms with E-state index < -0.39 is 6.04 Å². The zero-order valence-corrected chi connectivity index (χ0v) is 16.4.